The van der Waals surface area contributed by atoms with Crippen molar-refractivity contribution in [2.75, 3.05) is 14.2 Å². The van der Waals surface area contributed by atoms with Gasteiger partial charge in [-0.3, -0.25) is 9.78 Å². The molecule has 10 heteroatoms. The number of hydrogen-bond donors (Lipinski definition) is 1. The van der Waals surface area contributed by atoms with Gasteiger partial charge in [-0.15, -0.1) is 0 Å². The number of fused-ring (bicyclic) bond motifs is 2. The number of ether oxygens (including phenoxy) is 2. The van der Waals surface area contributed by atoms with Crippen molar-refractivity contribution in [3.63, 3.8) is 0 Å². The number of aromatic amines is 1. The summed E-state index contributed by atoms with van der Waals surface area (Å²) < 4.78 is 12.7. The zero-order valence-corrected chi connectivity index (χ0v) is 18.9. The van der Waals surface area contributed by atoms with Gasteiger partial charge >= 0.3 is 11.9 Å². The Morgan fingerprint density at radius 3 is 2.14 bits per heavy atom. The number of aromatic nitrogens is 4. The van der Waals surface area contributed by atoms with Crippen LogP contribution in [0.25, 0.3) is 21.8 Å². The lowest BCUT2D eigenvalue weighted by molar-refractivity contribution is 0.0592. The number of nitrogens with one attached hydrogen (secondary N) is 1. The Morgan fingerprint density at radius 2 is 1.52 bits per heavy atom. The number of benzene rings is 2. The average Bonchev–Trinajstić information content (AvgIpc) is 3.34. The molecule has 150 valence electrons. The molecule has 0 saturated heterocycles. The lowest BCUT2D eigenvalue weighted by Crippen LogP contribution is -2.01. The van der Waals surface area contributed by atoms with Gasteiger partial charge in [0, 0.05) is 26.8 Å². The highest BCUT2D eigenvalue weighted by Gasteiger charge is 2.12. The van der Waals surface area contributed by atoms with E-state index in [0.29, 0.717) is 11.1 Å². The number of carbonyl (C=O) groups excluding carboxylic acids is 2. The second kappa shape index (κ2) is 8.75. The summed E-state index contributed by atoms with van der Waals surface area (Å²) in [5.74, 6) is -0.707. The van der Waals surface area contributed by atoms with E-state index in [4.69, 9.17) is 0 Å². The van der Waals surface area contributed by atoms with Crippen molar-refractivity contribution in [1.82, 2.24) is 20.0 Å². The third-order valence-corrected chi connectivity index (χ3v) is 5.48. The highest BCUT2D eigenvalue weighted by atomic mass is 79.9. The van der Waals surface area contributed by atoms with Crippen molar-refractivity contribution in [2.45, 2.75) is 0 Å². The van der Waals surface area contributed by atoms with Crippen LogP contribution in [0, 0.1) is 0 Å². The Balaban J connectivity index is 0.000000166. The minimum absolute atomic E-state index is 0.348. The van der Waals surface area contributed by atoms with E-state index in [2.05, 4.69) is 56.6 Å². The first-order valence-electron chi connectivity index (χ1n) is 8.26. The predicted molar refractivity (Wildman–Crippen MR) is 115 cm³/mol. The van der Waals surface area contributed by atoms with Crippen LogP contribution in [0.2, 0.25) is 0 Å². The molecule has 2 aromatic carbocycles. The molecule has 0 atom stereocenters. The van der Waals surface area contributed by atoms with E-state index in [0.717, 1.165) is 30.8 Å². The van der Waals surface area contributed by atoms with Crippen LogP contribution >= 0.6 is 31.9 Å². The van der Waals surface area contributed by atoms with Gasteiger partial charge in [-0.05, 0) is 24.3 Å². The van der Waals surface area contributed by atoms with Crippen LogP contribution < -0.4 is 0 Å². The van der Waals surface area contributed by atoms with Gasteiger partial charge in [0.05, 0.1) is 48.8 Å². The molecule has 0 saturated carbocycles. The van der Waals surface area contributed by atoms with Crippen LogP contribution in [0.15, 0.2) is 45.6 Å². The fraction of sp³-hybridized carbons (Fsp3) is 0.158. The Morgan fingerprint density at radius 1 is 0.931 bits per heavy atom. The van der Waals surface area contributed by atoms with Crippen LogP contribution in [0.3, 0.4) is 0 Å². The topological polar surface area (TPSA) is 99.1 Å². The number of carbonyl (C=O) groups is 2. The molecule has 4 rings (SSSR count). The molecule has 2 aromatic heterocycles. The van der Waals surface area contributed by atoms with E-state index >= 15 is 0 Å². The summed E-state index contributed by atoms with van der Waals surface area (Å²) in [4.78, 5) is 22.6. The van der Waals surface area contributed by atoms with Gasteiger partial charge in [-0.1, -0.05) is 31.9 Å². The molecule has 0 unspecified atom stereocenters. The van der Waals surface area contributed by atoms with Crippen molar-refractivity contribution in [2.24, 2.45) is 7.05 Å². The third-order valence-electron chi connectivity index (χ3n) is 4.17. The molecule has 0 radical (unpaired) electrons. The Hall–Kier alpha value is -2.72. The summed E-state index contributed by atoms with van der Waals surface area (Å²) >= 11 is 6.75. The quantitative estimate of drug-likeness (QED) is 0.395. The Bertz CT molecular complexity index is 1220. The minimum atomic E-state index is -0.359. The molecule has 0 amide bonds. The van der Waals surface area contributed by atoms with E-state index in [1.807, 2.05) is 7.05 Å². The van der Waals surface area contributed by atoms with Gasteiger partial charge < -0.3 is 9.47 Å². The van der Waals surface area contributed by atoms with Crippen LogP contribution in [0.4, 0.5) is 0 Å². The van der Waals surface area contributed by atoms with Crippen LogP contribution in [-0.4, -0.2) is 46.1 Å². The molecular formula is C19H16Br2N4O4. The zero-order valence-electron chi connectivity index (χ0n) is 15.7. The Kier molecular flexibility index (Phi) is 6.33. The van der Waals surface area contributed by atoms with E-state index in [1.54, 1.807) is 41.3 Å². The summed E-state index contributed by atoms with van der Waals surface area (Å²) in [6.45, 7) is 0. The monoisotopic (exact) mass is 522 g/mol. The second-order valence-electron chi connectivity index (χ2n) is 5.93. The number of hydrogen-bond acceptors (Lipinski definition) is 6. The van der Waals surface area contributed by atoms with Crippen molar-refractivity contribution in [3.05, 3.63) is 56.7 Å². The average molecular weight is 524 g/mol. The van der Waals surface area contributed by atoms with Crippen molar-refractivity contribution in [3.8, 4) is 0 Å². The third kappa shape index (κ3) is 4.33. The van der Waals surface area contributed by atoms with Crippen molar-refractivity contribution < 1.29 is 19.1 Å². The summed E-state index contributed by atoms with van der Waals surface area (Å²) in [6, 6.07) is 6.91. The molecule has 0 bridgehead atoms. The van der Waals surface area contributed by atoms with Gasteiger partial charge in [-0.25, -0.2) is 9.59 Å². The number of methoxy groups -OCH3 is 2. The predicted octanol–water partition coefficient (Wildman–Crippen LogP) is 4.23. The molecule has 1 N–H and O–H groups in total. The summed E-state index contributed by atoms with van der Waals surface area (Å²) in [5.41, 5.74) is 2.71. The fourth-order valence-electron chi connectivity index (χ4n) is 2.68. The first-order chi connectivity index (χ1) is 13.8. The number of nitrogens with zero attached hydrogens (tertiary/aromatic N) is 3. The fourth-order valence-corrected chi connectivity index (χ4v) is 3.80. The van der Waals surface area contributed by atoms with Gasteiger partial charge in [0.2, 0.25) is 0 Å². The van der Waals surface area contributed by atoms with Gasteiger partial charge in [0.1, 0.15) is 0 Å². The normalized spacial score (nSPS) is 10.5. The van der Waals surface area contributed by atoms with Crippen LogP contribution in [-0.2, 0) is 16.5 Å². The first kappa shape index (κ1) is 21.0. The number of halogens is 2. The molecule has 0 aliphatic rings. The summed E-state index contributed by atoms with van der Waals surface area (Å²) in [6.07, 6.45) is 3.45. The maximum atomic E-state index is 11.4. The molecule has 0 aliphatic heterocycles. The van der Waals surface area contributed by atoms with E-state index in [1.165, 1.54) is 14.2 Å². The van der Waals surface area contributed by atoms with Gasteiger partial charge in [-0.2, -0.15) is 10.2 Å². The van der Waals surface area contributed by atoms with Gasteiger partial charge in [0.15, 0.2) is 0 Å². The lowest BCUT2D eigenvalue weighted by Gasteiger charge is -2.02. The number of rotatable bonds is 2. The van der Waals surface area contributed by atoms with Crippen LogP contribution in [0.1, 0.15) is 20.7 Å². The van der Waals surface area contributed by atoms with Crippen LogP contribution in [0.5, 0.6) is 0 Å². The molecule has 0 aliphatic carbocycles. The van der Waals surface area contributed by atoms with E-state index < -0.39 is 0 Å². The molecule has 29 heavy (non-hydrogen) atoms. The molecule has 0 spiro atoms. The van der Waals surface area contributed by atoms with Crippen molar-refractivity contribution >= 4 is 65.6 Å². The van der Waals surface area contributed by atoms with E-state index in [-0.39, 0.29) is 11.9 Å². The molecular weight excluding hydrogens is 508 g/mol. The molecule has 8 nitrogen and oxygen atoms in total. The lowest BCUT2D eigenvalue weighted by atomic mass is 10.2. The maximum absolute atomic E-state index is 11.4. The highest BCUT2D eigenvalue weighted by molar-refractivity contribution is 9.11. The minimum Gasteiger partial charge on any atom is -0.465 e. The molecule has 0 fully saturated rings. The Labute approximate surface area is 182 Å². The van der Waals surface area contributed by atoms with Gasteiger partial charge in [0.25, 0.3) is 0 Å². The number of aryl methyl sites for hydroxylation is 1. The first-order valence-corrected chi connectivity index (χ1v) is 9.84. The zero-order chi connectivity index (χ0) is 21.1. The summed E-state index contributed by atoms with van der Waals surface area (Å²) in [5, 5.41) is 12.7. The van der Waals surface area contributed by atoms with E-state index in [9.17, 15) is 9.59 Å². The number of H-pyrrole nitrogens is 1. The second-order valence-corrected chi connectivity index (χ2v) is 7.64. The highest BCUT2D eigenvalue weighted by Crippen LogP contribution is 2.26. The number of esters is 2. The largest absolute Gasteiger partial charge is 0.465 e. The van der Waals surface area contributed by atoms with Crippen molar-refractivity contribution in [1.29, 1.82) is 0 Å². The standard InChI is InChI=1S/C10H9BrN2O2.C9H7BrN2O2/c1-13-9-4-6(10(14)15-2)3-8(11)7(9)5-12-13;1-14-9(13)5-2-7(10)6-4-11-12-8(6)3-5/h3-5H,1-2H3;2-4H,1H3,(H,11,12). The maximum Gasteiger partial charge on any atom is 0.337 e. The molecule has 4 aromatic rings. The molecule has 2 heterocycles. The summed E-state index contributed by atoms with van der Waals surface area (Å²) in [7, 11) is 4.55. The smallest absolute Gasteiger partial charge is 0.337 e. The SMILES string of the molecule is COC(=O)c1cc(Br)c2cn[nH]c2c1.COC(=O)c1cc(Br)c2cnn(C)c2c1.